The molecule has 0 unspecified atom stereocenters. The fourth-order valence-corrected chi connectivity index (χ4v) is 4.31. The van der Waals surface area contributed by atoms with E-state index in [0.717, 1.165) is 11.3 Å². The van der Waals surface area contributed by atoms with Gasteiger partial charge in [-0.2, -0.15) is 0 Å². The molecule has 1 aliphatic carbocycles. The molecule has 0 bridgehead atoms. The highest BCUT2D eigenvalue weighted by Crippen LogP contribution is 2.24. The van der Waals surface area contributed by atoms with Gasteiger partial charge in [-0.3, -0.25) is 4.72 Å². The molecule has 0 saturated heterocycles. The predicted octanol–water partition coefficient (Wildman–Crippen LogP) is 4.15. The van der Waals surface area contributed by atoms with E-state index in [4.69, 9.17) is 0 Å². The monoisotopic (exact) mass is 330 g/mol. The highest BCUT2D eigenvalue weighted by molar-refractivity contribution is 7.92. The number of nitrogens with one attached hydrogen (secondary N) is 2. The normalized spacial score (nSPS) is 15.5. The topological polar surface area (TPSA) is 58.2 Å². The van der Waals surface area contributed by atoms with Crippen molar-refractivity contribution in [2.75, 3.05) is 10.0 Å². The fourth-order valence-electron chi connectivity index (χ4n) is 3.01. The molecular weight excluding hydrogens is 308 g/mol. The zero-order valence-corrected chi connectivity index (χ0v) is 14.1. The Labute approximate surface area is 138 Å². The molecule has 1 saturated carbocycles. The van der Waals surface area contributed by atoms with Crippen LogP contribution in [0.15, 0.2) is 53.4 Å². The van der Waals surface area contributed by atoms with E-state index >= 15 is 0 Å². The molecule has 0 spiro atoms. The third-order valence-corrected chi connectivity index (χ3v) is 5.79. The van der Waals surface area contributed by atoms with Crippen molar-refractivity contribution in [2.24, 2.45) is 0 Å². The highest BCUT2D eigenvalue weighted by atomic mass is 32.2. The average Bonchev–Trinajstić information content (AvgIpc) is 3.02. The third kappa shape index (κ3) is 3.85. The minimum absolute atomic E-state index is 0.313. The van der Waals surface area contributed by atoms with Crippen LogP contribution in [0.1, 0.15) is 31.2 Å². The standard InChI is InChI=1S/C18H22N2O2S/c1-14-6-2-5-9-18(14)23(21,22)20-17-12-10-16(11-13-17)19-15-7-3-4-8-15/h2,5-6,9-13,15,19-20H,3-4,7-8H2,1H3. The largest absolute Gasteiger partial charge is 0.382 e. The first kappa shape index (κ1) is 15.9. The van der Waals surface area contributed by atoms with Gasteiger partial charge < -0.3 is 5.32 Å². The van der Waals surface area contributed by atoms with Crippen molar-refractivity contribution in [2.45, 2.75) is 43.5 Å². The Bertz CT molecular complexity index is 764. The summed E-state index contributed by atoms with van der Waals surface area (Å²) >= 11 is 0. The van der Waals surface area contributed by atoms with Crippen LogP contribution in [0, 0.1) is 6.92 Å². The number of aryl methyl sites for hydroxylation is 1. The molecule has 2 N–H and O–H groups in total. The van der Waals surface area contributed by atoms with Gasteiger partial charge in [0.2, 0.25) is 0 Å². The number of anilines is 2. The molecule has 0 aromatic heterocycles. The number of hydrogen-bond acceptors (Lipinski definition) is 3. The summed E-state index contributed by atoms with van der Waals surface area (Å²) in [4.78, 5) is 0.313. The van der Waals surface area contributed by atoms with Crippen LogP contribution in [0.5, 0.6) is 0 Å². The average molecular weight is 330 g/mol. The third-order valence-electron chi connectivity index (χ3n) is 4.25. The van der Waals surface area contributed by atoms with Crippen molar-refractivity contribution in [3.05, 3.63) is 54.1 Å². The minimum Gasteiger partial charge on any atom is -0.382 e. The van der Waals surface area contributed by atoms with Crippen molar-refractivity contribution in [1.29, 1.82) is 0 Å². The van der Waals surface area contributed by atoms with Gasteiger partial charge in [-0.25, -0.2) is 8.42 Å². The summed E-state index contributed by atoms with van der Waals surface area (Å²) < 4.78 is 27.6. The van der Waals surface area contributed by atoms with E-state index in [1.54, 1.807) is 37.3 Å². The second-order valence-corrected chi connectivity index (χ2v) is 7.72. The van der Waals surface area contributed by atoms with Gasteiger partial charge in [-0.05, 0) is 55.7 Å². The van der Waals surface area contributed by atoms with Crippen LogP contribution in [0.2, 0.25) is 0 Å². The molecular formula is C18H22N2O2S. The van der Waals surface area contributed by atoms with Crippen LogP contribution in [-0.2, 0) is 10.0 Å². The summed E-state index contributed by atoms with van der Waals surface area (Å²) in [5, 5.41) is 3.49. The van der Waals surface area contributed by atoms with E-state index in [2.05, 4.69) is 10.0 Å². The zero-order chi connectivity index (χ0) is 16.3. The smallest absolute Gasteiger partial charge is 0.262 e. The molecule has 1 fully saturated rings. The number of hydrogen-bond donors (Lipinski definition) is 2. The lowest BCUT2D eigenvalue weighted by Crippen LogP contribution is -2.15. The van der Waals surface area contributed by atoms with E-state index in [-0.39, 0.29) is 0 Å². The van der Waals surface area contributed by atoms with Gasteiger partial charge in [0.1, 0.15) is 0 Å². The van der Waals surface area contributed by atoms with Crippen LogP contribution in [0.4, 0.5) is 11.4 Å². The number of rotatable bonds is 5. The first-order valence-electron chi connectivity index (χ1n) is 8.00. The van der Waals surface area contributed by atoms with Gasteiger partial charge in [0.15, 0.2) is 0 Å². The van der Waals surface area contributed by atoms with E-state index in [1.807, 2.05) is 18.2 Å². The van der Waals surface area contributed by atoms with Crippen LogP contribution in [0.25, 0.3) is 0 Å². The molecule has 122 valence electrons. The van der Waals surface area contributed by atoms with Gasteiger partial charge >= 0.3 is 0 Å². The first-order valence-corrected chi connectivity index (χ1v) is 9.48. The second-order valence-electron chi connectivity index (χ2n) is 6.07. The quantitative estimate of drug-likeness (QED) is 0.866. The predicted molar refractivity (Wildman–Crippen MR) is 94.3 cm³/mol. The first-order chi connectivity index (χ1) is 11.0. The van der Waals surface area contributed by atoms with Crippen LogP contribution in [-0.4, -0.2) is 14.5 Å². The lowest BCUT2D eigenvalue weighted by molar-refractivity contribution is 0.600. The van der Waals surface area contributed by atoms with Crippen LogP contribution >= 0.6 is 0 Å². The van der Waals surface area contributed by atoms with Crippen molar-refractivity contribution in [3.63, 3.8) is 0 Å². The maximum absolute atomic E-state index is 12.5. The zero-order valence-electron chi connectivity index (χ0n) is 13.2. The Morgan fingerprint density at radius 2 is 1.52 bits per heavy atom. The summed E-state index contributed by atoms with van der Waals surface area (Å²) in [5.41, 5.74) is 2.35. The van der Waals surface area contributed by atoms with Gasteiger partial charge in [0, 0.05) is 17.4 Å². The second kappa shape index (κ2) is 6.62. The Hall–Kier alpha value is -2.01. The minimum atomic E-state index is -3.55. The van der Waals surface area contributed by atoms with Crippen molar-refractivity contribution in [3.8, 4) is 0 Å². The lowest BCUT2D eigenvalue weighted by Gasteiger charge is -2.14. The van der Waals surface area contributed by atoms with Crippen LogP contribution < -0.4 is 10.0 Å². The molecule has 23 heavy (non-hydrogen) atoms. The molecule has 0 atom stereocenters. The summed E-state index contributed by atoms with van der Waals surface area (Å²) in [6, 6.07) is 15.0. The van der Waals surface area contributed by atoms with Crippen LogP contribution in [0.3, 0.4) is 0 Å². The molecule has 0 aliphatic heterocycles. The van der Waals surface area contributed by atoms with Crippen molar-refractivity contribution < 1.29 is 8.42 Å². The lowest BCUT2D eigenvalue weighted by atomic mass is 10.2. The Morgan fingerprint density at radius 1 is 0.913 bits per heavy atom. The number of sulfonamides is 1. The molecule has 0 heterocycles. The summed E-state index contributed by atoms with van der Waals surface area (Å²) in [5.74, 6) is 0. The maximum Gasteiger partial charge on any atom is 0.262 e. The molecule has 5 heteroatoms. The molecule has 4 nitrogen and oxygen atoms in total. The molecule has 2 aromatic carbocycles. The Morgan fingerprint density at radius 3 is 2.17 bits per heavy atom. The SMILES string of the molecule is Cc1ccccc1S(=O)(=O)Nc1ccc(NC2CCCC2)cc1. The van der Waals surface area contributed by atoms with E-state index in [1.165, 1.54) is 25.7 Å². The van der Waals surface area contributed by atoms with Gasteiger partial charge in [0.25, 0.3) is 10.0 Å². The molecule has 1 aliphatic rings. The highest BCUT2D eigenvalue weighted by Gasteiger charge is 2.17. The molecule has 2 aromatic rings. The fraction of sp³-hybridized carbons (Fsp3) is 0.333. The summed E-state index contributed by atoms with van der Waals surface area (Å²) in [6.45, 7) is 1.79. The molecule has 0 amide bonds. The van der Waals surface area contributed by atoms with Gasteiger partial charge in [-0.1, -0.05) is 31.0 Å². The van der Waals surface area contributed by atoms with Gasteiger partial charge in [-0.15, -0.1) is 0 Å². The summed E-state index contributed by atoms with van der Waals surface area (Å²) in [6.07, 6.45) is 4.99. The van der Waals surface area contributed by atoms with Crippen molar-refractivity contribution >= 4 is 21.4 Å². The van der Waals surface area contributed by atoms with Gasteiger partial charge in [0.05, 0.1) is 4.90 Å². The van der Waals surface area contributed by atoms with E-state index in [9.17, 15) is 8.42 Å². The maximum atomic E-state index is 12.5. The Kier molecular flexibility index (Phi) is 4.57. The number of benzene rings is 2. The van der Waals surface area contributed by atoms with Crippen molar-refractivity contribution in [1.82, 2.24) is 0 Å². The van der Waals surface area contributed by atoms with E-state index in [0.29, 0.717) is 16.6 Å². The molecule has 3 rings (SSSR count). The summed E-state index contributed by atoms with van der Waals surface area (Å²) in [7, 11) is -3.55. The van der Waals surface area contributed by atoms with E-state index < -0.39 is 10.0 Å². The Balaban J connectivity index is 1.71. The molecule has 0 radical (unpaired) electrons.